The van der Waals surface area contributed by atoms with Crippen LogP contribution in [0.5, 0.6) is 0 Å². The molecule has 0 saturated heterocycles. The first kappa shape index (κ1) is 19.6. The molecule has 0 aliphatic carbocycles. The van der Waals surface area contributed by atoms with Gasteiger partial charge in [0.25, 0.3) is 0 Å². The molecule has 2 N–H and O–H groups in total. The SMILES string of the molecule is C=CC(=C\C)/C(=C/C(C)C)c1ncc(C(C(C)=O)=C(C)N)cc1C. The fourth-order valence-electron chi connectivity index (χ4n) is 2.73. The van der Waals surface area contributed by atoms with Gasteiger partial charge in [0.15, 0.2) is 5.78 Å². The van der Waals surface area contributed by atoms with Crippen LogP contribution in [0.1, 0.15) is 51.4 Å². The van der Waals surface area contributed by atoms with Gasteiger partial charge in [-0.2, -0.15) is 0 Å². The molecular weight excluding hydrogens is 296 g/mol. The molecule has 0 saturated carbocycles. The summed E-state index contributed by atoms with van der Waals surface area (Å²) in [6, 6.07) is 1.97. The first-order valence-corrected chi connectivity index (χ1v) is 8.18. The second kappa shape index (κ2) is 8.44. The number of nitrogens with zero attached hydrogens (tertiary/aromatic N) is 1. The Balaban J connectivity index is 3.55. The number of hydrogen-bond donors (Lipinski definition) is 1. The van der Waals surface area contributed by atoms with Gasteiger partial charge in [-0.05, 0) is 50.8 Å². The lowest BCUT2D eigenvalue weighted by atomic mass is 9.93. The van der Waals surface area contributed by atoms with Crippen LogP contribution in [0.25, 0.3) is 11.1 Å². The molecule has 128 valence electrons. The normalized spacial score (nSPS) is 13.8. The highest BCUT2D eigenvalue weighted by Gasteiger charge is 2.15. The van der Waals surface area contributed by atoms with E-state index in [-0.39, 0.29) is 5.78 Å². The molecular formula is C21H28N2O. The van der Waals surface area contributed by atoms with Crippen molar-refractivity contribution in [2.45, 2.75) is 41.5 Å². The van der Waals surface area contributed by atoms with Crippen molar-refractivity contribution in [2.24, 2.45) is 11.7 Å². The first-order chi connectivity index (χ1) is 11.2. The third-order valence-electron chi connectivity index (χ3n) is 3.71. The average Bonchev–Trinajstić information content (AvgIpc) is 2.46. The lowest BCUT2D eigenvalue weighted by molar-refractivity contribution is -0.111. The smallest absolute Gasteiger partial charge is 0.162 e. The number of carbonyl (C=O) groups excluding carboxylic acids is 1. The molecule has 0 spiro atoms. The zero-order valence-electron chi connectivity index (χ0n) is 15.6. The van der Waals surface area contributed by atoms with Gasteiger partial charge in [0.1, 0.15) is 0 Å². The zero-order valence-corrected chi connectivity index (χ0v) is 15.6. The number of allylic oxidation sites excluding steroid dienone is 7. The van der Waals surface area contributed by atoms with Crippen molar-refractivity contribution in [1.29, 1.82) is 0 Å². The lowest BCUT2D eigenvalue weighted by Crippen LogP contribution is -2.07. The van der Waals surface area contributed by atoms with Gasteiger partial charge in [0.2, 0.25) is 0 Å². The Labute approximate surface area is 145 Å². The summed E-state index contributed by atoms with van der Waals surface area (Å²) in [6.45, 7) is 15.4. The van der Waals surface area contributed by atoms with E-state index in [9.17, 15) is 4.79 Å². The van der Waals surface area contributed by atoms with Crippen LogP contribution in [0.2, 0.25) is 0 Å². The van der Waals surface area contributed by atoms with E-state index < -0.39 is 0 Å². The summed E-state index contributed by atoms with van der Waals surface area (Å²) in [7, 11) is 0. The number of aromatic nitrogens is 1. The molecule has 0 bridgehead atoms. The molecule has 24 heavy (non-hydrogen) atoms. The van der Waals surface area contributed by atoms with Gasteiger partial charge in [-0.25, -0.2) is 0 Å². The van der Waals surface area contributed by atoms with E-state index in [0.29, 0.717) is 17.2 Å². The molecule has 0 aliphatic heterocycles. The summed E-state index contributed by atoms with van der Waals surface area (Å²) < 4.78 is 0. The molecule has 0 fully saturated rings. The zero-order chi connectivity index (χ0) is 18.4. The fraction of sp³-hybridized carbons (Fsp3) is 0.333. The number of hydrogen-bond acceptors (Lipinski definition) is 3. The Morgan fingerprint density at radius 2 is 1.96 bits per heavy atom. The molecule has 0 amide bonds. The van der Waals surface area contributed by atoms with Crippen LogP contribution in [-0.4, -0.2) is 10.8 Å². The molecule has 0 unspecified atom stereocenters. The van der Waals surface area contributed by atoms with Crippen LogP contribution in [-0.2, 0) is 4.79 Å². The summed E-state index contributed by atoms with van der Waals surface area (Å²) in [5.41, 5.74) is 11.7. The summed E-state index contributed by atoms with van der Waals surface area (Å²) in [4.78, 5) is 16.5. The number of pyridine rings is 1. The Morgan fingerprint density at radius 3 is 2.33 bits per heavy atom. The van der Waals surface area contributed by atoms with Crippen LogP contribution in [0.4, 0.5) is 0 Å². The number of Topliss-reactive ketones (excluding diaryl/α,β-unsaturated/α-hetero) is 1. The minimum Gasteiger partial charge on any atom is -0.402 e. The average molecular weight is 324 g/mol. The van der Waals surface area contributed by atoms with E-state index in [0.717, 1.165) is 28.0 Å². The summed E-state index contributed by atoms with van der Waals surface area (Å²) >= 11 is 0. The minimum absolute atomic E-state index is 0.0536. The highest BCUT2D eigenvalue weighted by atomic mass is 16.1. The molecule has 1 heterocycles. The van der Waals surface area contributed by atoms with E-state index >= 15 is 0 Å². The van der Waals surface area contributed by atoms with Crippen molar-refractivity contribution in [3.05, 3.63) is 65.2 Å². The number of aryl methyl sites for hydroxylation is 1. The van der Waals surface area contributed by atoms with Crippen molar-refractivity contribution < 1.29 is 4.79 Å². The van der Waals surface area contributed by atoms with Gasteiger partial charge < -0.3 is 5.73 Å². The molecule has 0 radical (unpaired) electrons. The van der Waals surface area contributed by atoms with Crippen molar-refractivity contribution in [1.82, 2.24) is 4.98 Å². The number of nitrogens with two attached hydrogens (primary N) is 1. The highest BCUT2D eigenvalue weighted by molar-refractivity contribution is 6.20. The molecule has 0 atom stereocenters. The number of ketones is 1. The maximum atomic E-state index is 11.9. The molecule has 1 aromatic heterocycles. The van der Waals surface area contributed by atoms with Gasteiger partial charge in [-0.3, -0.25) is 9.78 Å². The predicted molar refractivity (Wildman–Crippen MR) is 103 cm³/mol. The van der Waals surface area contributed by atoms with Crippen molar-refractivity contribution >= 4 is 16.9 Å². The maximum absolute atomic E-state index is 11.9. The van der Waals surface area contributed by atoms with Crippen LogP contribution in [0.15, 0.2) is 48.3 Å². The quantitative estimate of drug-likeness (QED) is 0.601. The Bertz CT molecular complexity index is 730. The van der Waals surface area contributed by atoms with E-state index in [1.54, 1.807) is 13.1 Å². The largest absolute Gasteiger partial charge is 0.402 e. The Hall–Kier alpha value is -2.42. The van der Waals surface area contributed by atoms with Crippen molar-refractivity contribution in [3.63, 3.8) is 0 Å². The van der Waals surface area contributed by atoms with Gasteiger partial charge in [0.05, 0.1) is 5.69 Å². The van der Waals surface area contributed by atoms with Crippen LogP contribution < -0.4 is 5.73 Å². The van der Waals surface area contributed by atoms with Crippen molar-refractivity contribution in [3.8, 4) is 0 Å². The van der Waals surface area contributed by atoms with Gasteiger partial charge >= 0.3 is 0 Å². The second-order valence-electron chi connectivity index (χ2n) is 6.28. The Morgan fingerprint density at radius 1 is 1.33 bits per heavy atom. The monoisotopic (exact) mass is 324 g/mol. The van der Waals surface area contributed by atoms with Crippen LogP contribution >= 0.6 is 0 Å². The molecule has 3 nitrogen and oxygen atoms in total. The number of rotatable bonds is 6. The van der Waals surface area contributed by atoms with Gasteiger partial charge in [-0.15, -0.1) is 0 Å². The summed E-state index contributed by atoms with van der Waals surface area (Å²) in [5, 5.41) is 0. The molecule has 0 aromatic carbocycles. The third kappa shape index (κ3) is 4.54. The second-order valence-corrected chi connectivity index (χ2v) is 6.28. The summed E-state index contributed by atoms with van der Waals surface area (Å²) in [5.74, 6) is 0.330. The minimum atomic E-state index is -0.0536. The standard InChI is InChI=1S/C21H28N2O/c1-8-17(9-2)19(10-13(3)4)21-14(5)11-18(12-23-21)20(15(6)22)16(7)24/h8-13H,1,22H2,2-7H3/b17-9+,19-10-,20-15?. The van der Waals surface area contributed by atoms with Crippen molar-refractivity contribution in [2.75, 3.05) is 0 Å². The van der Waals surface area contributed by atoms with Gasteiger partial charge in [0, 0.05) is 28.6 Å². The molecule has 1 aromatic rings. The number of carbonyl (C=O) groups is 1. The third-order valence-corrected chi connectivity index (χ3v) is 3.71. The van der Waals surface area contributed by atoms with Gasteiger partial charge in [-0.1, -0.05) is 38.7 Å². The topological polar surface area (TPSA) is 56.0 Å². The Kier molecular flexibility index (Phi) is 6.90. The molecule has 0 aliphatic rings. The molecule has 1 rings (SSSR count). The highest BCUT2D eigenvalue weighted by Crippen LogP contribution is 2.28. The van der Waals surface area contributed by atoms with E-state index in [2.05, 4.69) is 31.5 Å². The van der Waals surface area contributed by atoms with Crippen LogP contribution in [0.3, 0.4) is 0 Å². The lowest BCUT2D eigenvalue weighted by Gasteiger charge is -2.15. The first-order valence-electron chi connectivity index (χ1n) is 8.18. The van der Waals surface area contributed by atoms with E-state index in [4.69, 9.17) is 5.73 Å². The summed E-state index contributed by atoms with van der Waals surface area (Å²) in [6.07, 6.45) is 7.78. The predicted octanol–water partition coefficient (Wildman–Crippen LogP) is 4.84. The van der Waals surface area contributed by atoms with E-state index in [1.807, 2.05) is 32.1 Å². The van der Waals surface area contributed by atoms with Crippen LogP contribution in [0, 0.1) is 12.8 Å². The fourth-order valence-corrected chi connectivity index (χ4v) is 2.73. The molecule has 3 heteroatoms. The van der Waals surface area contributed by atoms with E-state index in [1.165, 1.54) is 6.92 Å². The maximum Gasteiger partial charge on any atom is 0.162 e.